The smallest absolute Gasteiger partial charge is 0.319 e. The molecule has 120 valence electrons. The molecule has 2 aromatic carbocycles. The van der Waals surface area contributed by atoms with Gasteiger partial charge in [-0.25, -0.2) is 4.79 Å². The molecule has 23 heavy (non-hydrogen) atoms. The van der Waals surface area contributed by atoms with Crippen molar-refractivity contribution in [2.24, 2.45) is 0 Å². The largest absolute Gasteiger partial charge is 0.359 e. The molecule has 2 rings (SSSR count). The minimum Gasteiger partial charge on any atom is -0.359 e. The van der Waals surface area contributed by atoms with E-state index < -0.39 is 0 Å². The van der Waals surface area contributed by atoms with Gasteiger partial charge in [-0.1, -0.05) is 48.5 Å². The van der Waals surface area contributed by atoms with Crippen molar-refractivity contribution in [1.82, 2.24) is 10.6 Å². The van der Waals surface area contributed by atoms with Gasteiger partial charge in [-0.3, -0.25) is 4.79 Å². The highest BCUT2D eigenvalue weighted by Crippen LogP contribution is 2.16. The van der Waals surface area contributed by atoms with Crippen molar-refractivity contribution >= 4 is 17.6 Å². The maximum Gasteiger partial charge on any atom is 0.319 e. The number of hydrogen-bond donors (Lipinski definition) is 3. The Morgan fingerprint density at radius 1 is 1.00 bits per heavy atom. The second-order valence-electron chi connectivity index (χ2n) is 5.24. The van der Waals surface area contributed by atoms with Crippen molar-refractivity contribution in [2.45, 2.75) is 19.4 Å². The van der Waals surface area contributed by atoms with Gasteiger partial charge in [0.1, 0.15) is 0 Å². The number of carbonyl (C=O) groups is 2. The molecular formula is C18H21N3O2. The number of benzene rings is 2. The van der Waals surface area contributed by atoms with E-state index in [2.05, 4.69) is 16.0 Å². The molecule has 0 bridgehead atoms. The summed E-state index contributed by atoms with van der Waals surface area (Å²) in [6.07, 6.45) is 0.223. The Labute approximate surface area is 136 Å². The molecule has 0 saturated heterocycles. The van der Waals surface area contributed by atoms with Crippen LogP contribution in [0.15, 0.2) is 54.6 Å². The lowest BCUT2D eigenvalue weighted by molar-refractivity contribution is -0.119. The summed E-state index contributed by atoms with van der Waals surface area (Å²) in [4.78, 5) is 23.7. The molecule has 0 aliphatic heterocycles. The molecular weight excluding hydrogens is 290 g/mol. The first-order chi connectivity index (χ1) is 11.1. The van der Waals surface area contributed by atoms with E-state index in [1.54, 1.807) is 13.1 Å². The van der Waals surface area contributed by atoms with Crippen molar-refractivity contribution in [3.8, 4) is 0 Å². The number of nitrogens with one attached hydrogen (secondary N) is 3. The molecule has 3 amide bonds. The van der Waals surface area contributed by atoms with Crippen LogP contribution in [0.1, 0.15) is 24.1 Å². The molecule has 5 heteroatoms. The lowest BCUT2D eigenvalue weighted by Gasteiger charge is -2.16. The van der Waals surface area contributed by atoms with Gasteiger partial charge >= 0.3 is 6.03 Å². The zero-order valence-electron chi connectivity index (χ0n) is 13.3. The summed E-state index contributed by atoms with van der Waals surface area (Å²) in [6, 6.07) is 16.6. The van der Waals surface area contributed by atoms with Crippen LogP contribution in [0.5, 0.6) is 0 Å². The molecule has 1 atom stereocenters. The van der Waals surface area contributed by atoms with Gasteiger partial charge in [-0.15, -0.1) is 0 Å². The number of likely N-dealkylation sites (N-methyl/N-ethyl adjacent to an activating group) is 1. The molecule has 0 saturated carbocycles. The Balaban J connectivity index is 2.01. The minimum atomic E-state index is -0.300. The summed E-state index contributed by atoms with van der Waals surface area (Å²) in [5.41, 5.74) is 2.43. The fourth-order valence-corrected chi connectivity index (χ4v) is 2.24. The number of hydrogen-bond acceptors (Lipinski definition) is 2. The molecule has 2 aromatic rings. The Bertz CT molecular complexity index is 671. The van der Waals surface area contributed by atoms with Crippen LogP contribution in [0.4, 0.5) is 10.5 Å². The number of para-hydroxylation sites is 1. The molecule has 5 nitrogen and oxygen atoms in total. The van der Waals surface area contributed by atoms with Gasteiger partial charge in [0.05, 0.1) is 12.5 Å². The van der Waals surface area contributed by atoms with E-state index in [1.807, 2.05) is 55.5 Å². The third-order valence-electron chi connectivity index (χ3n) is 3.54. The third kappa shape index (κ3) is 4.85. The fraction of sp³-hybridized carbons (Fsp3) is 0.222. The van der Waals surface area contributed by atoms with E-state index in [0.29, 0.717) is 5.69 Å². The molecule has 0 spiro atoms. The summed E-state index contributed by atoms with van der Waals surface area (Å²) in [5.74, 6) is -0.0997. The van der Waals surface area contributed by atoms with Gasteiger partial charge in [0.25, 0.3) is 0 Å². The second kappa shape index (κ2) is 7.98. The van der Waals surface area contributed by atoms with Crippen LogP contribution in [-0.4, -0.2) is 19.0 Å². The fourth-order valence-electron chi connectivity index (χ4n) is 2.24. The minimum absolute atomic E-state index is 0.0997. The van der Waals surface area contributed by atoms with E-state index in [-0.39, 0.29) is 24.4 Å². The predicted molar refractivity (Wildman–Crippen MR) is 91.2 cm³/mol. The first-order valence-corrected chi connectivity index (χ1v) is 7.51. The van der Waals surface area contributed by atoms with Gasteiger partial charge in [0.15, 0.2) is 0 Å². The van der Waals surface area contributed by atoms with Crippen molar-refractivity contribution in [3.63, 3.8) is 0 Å². The second-order valence-corrected chi connectivity index (χ2v) is 5.24. The molecule has 0 unspecified atom stereocenters. The highest BCUT2D eigenvalue weighted by molar-refractivity contribution is 5.91. The van der Waals surface area contributed by atoms with Crippen molar-refractivity contribution in [1.29, 1.82) is 0 Å². The normalized spacial score (nSPS) is 11.4. The maximum atomic E-state index is 12.2. The van der Waals surface area contributed by atoms with E-state index >= 15 is 0 Å². The predicted octanol–water partition coefficient (Wildman–Crippen LogP) is 2.86. The molecule has 0 radical (unpaired) electrons. The average molecular weight is 311 g/mol. The molecule has 0 aromatic heterocycles. The van der Waals surface area contributed by atoms with Crippen LogP contribution in [0.25, 0.3) is 0 Å². The molecule has 0 aliphatic rings. The monoisotopic (exact) mass is 311 g/mol. The van der Waals surface area contributed by atoms with Crippen LogP contribution in [-0.2, 0) is 11.2 Å². The zero-order chi connectivity index (χ0) is 16.7. The first-order valence-electron chi connectivity index (χ1n) is 7.51. The van der Waals surface area contributed by atoms with Crippen molar-refractivity contribution in [2.75, 3.05) is 12.4 Å². The van der Waals surface area contributed by atoms with E-state index in [9.17, 15) is 9.59 Å². The standard InChI is InChI=1S/C18H21N3O2/c1-13(14-8-4-3-5-9-14)20-18(23)21-16-11-7-6-10-15(16)12-17(22)19-2/h3-11,13H,12H2,1-2H3,(H,19,22)(H2,20,21,23)/t13-/m1/s1. The highest BCUT2D eigenvalue weighted by atomic mass is 16.2. The summed E-state index contributed by atoms with van der Waals surface area (Å²) >= 11 is 0. The van der Waals surface area contributed by atoms with Crippen LogP contribution in [0, 0.1) is 0 Å². The van der Waals surface area contributed by atoms with Crippen LogP contribution in [0.2, 0.25) is 0 Å². The number of urea groups is 1. The van der Waals surface area contributed by atoms with Gasteiger partial charge in [-0.05, 0) is 24.1 Å². The SMILES string of the molecule is CNC(=O)Cc1ccccc1NC(=O)N[C@H](C)c1ccccc1. The first kappa shape index (κ1) is 16.5. The number of rotatable bonds is 5. The van der Waals surface area contributed by atoms with Gasteiger partial charge < -0.3 is 16.0 Å². The van der Waals surface area contributed by atoms with Gasteiger partial charge in [-0.2, -0.15) is 0 Å². The lowest BCUT2D eigenvalue weighted by Crippen LogP contribution is -2.31. The quantitative estimate of drug-likeness (QED) is 0.794. The maximum absolute atomic E-state index is 12.2. The summed E-state index contributed by atoms with van der Waals surface area (Å²) in [5, 5.41) is 8.28. The van der Waals surface area contributed by atoms with Crippen molar-refractivity contribution < 1.29 is 9.59 Å². The topological polar surface area (TPSA) is 70.2 Å². The Hall–Kier alpha value is -2.82. The molecule has 3 N–H and O–H groups in total. The van der Waals surface area contributed by atoms with Crippen molar-refractivity contribution in [3.05, 3.63) is 65.7 Å². The van der Waals surface area contributed by atoms with Crippen LogP contribution >= 0.6 is 0 Å². The third-order valence-corrected chi connectivity index (χ3v) is 3.54. The Morgan fingerprint density at radius 2 is 1.65 bits per heavy atom. The number of amides is 3. The Morgan fingerprint density at radius 3 is 2.35 bits per heavy atom. The van der Waals surface area contributed by atoms with Gasteiger partial charge in [0.2, 0.25) is 5.91 Å². The molecule has 0 fully saturated rings. The summed E-state index contributed by atoms with van der Waals surface area (Å²) < 4.78 is 0. The Kier molecular flexibility index (Phi) is 5.74. The number of anilines is 1. The van der Waals surface area contributed by atoms with E-state index in [0.717, 1.165) is 11.1 Å². The number of carbonyl (C=O) groups excluding carboxylic acids is 2. The summed E-state index contributed by atoms with van der Waals surface area (Å²) in [7, 11) is 1.59. The van der Waals surface area contributed by atoms with Crippen LogP contribution < -0.4 is 16.0 Å². The average Bonchev–Trinajstić information content (AvgIpc) is 2.57. The van der Waals surface area contributed by atoms with Crippen LogP contribution in [0.3, 0.4) is 0 Å². The highest BCUT2D eigenvalue weighted by Gasteiger charge is 2.12. The lowest BCUT2D eigenvalue weighted by atomic mass is 10.1. The van der Waals surface area contributed by atoms with Gasteiger partial charge in [0, 0.05) is 12.7 Å². The van der Waals surface area contributed by atoms with E-state index in [1.165, 1.54) is 0 Å². The molecule has 0 heterocycles. The molecule has 0 aliphatic carbocycles. The summed E-state index contributed by atoms with van der Waals surface area (Å²) in [6.45, 7) is 1.92. The van der Waals surface area contributed by atoms with E-state index in [4.69, 9.17) is 0 Å². The zero-order valence-corrected chi connectivity index (χ0v) is 13.3.